The molecule has 1 rings (SSSR count). The van der Waals surface area contributed by atoms with Gasteiger partial charge in [-0.3, -0.25) is 4.79 Å². The molecule has 100 valence electrons. The van der Waals surface area contributed by atoms with Gasteiger partial charge in [-0.1, -0.05) is 31.0 Å². The summed E-state index contributed by atoms with van der Waals surface area (Å²) in [7, 11) is -2.90. The molecule has 0 fully saturated rings. The van der Waals surface area contributed by atoms with Crippen molar-refractivity contribution >= 4 is 20.2 Å². The molecule has 0 unspecified atom stereocenters. The van der Waals surface area contributed by atoms with Crippen LogP contribution in [0.2, 0.25) is 12.6 Å². The molecule has 0 saturated carbocycles. The predicted molar refractivity (Wildman–Crippen MR) is 74.4 cm³/mol. The number of benzene rings is 1. The van der Waals surface area contributed by atoms with Gasteiger partial charge < -0.3 is 14.9 Å². The van der Waals surface area contributed by atoms with E-state index < -0.39 is 8.56 Å². The Balaban J connectivity index is 2.11. The standard InChI is InChI=1S/C13H21NO3Si/c1-18(16,17)11-7-3-6-10-13(15)14-12-8-4-2-5-9-12/h2,4-5,8-9,16-17H,3,6-7,10-11H2,1H3,(H,14,15). The van der Waals surface area contributed by atoms with Crippen molar-refractivity contribution in [2.24, 2.45) is 0 Å². The zero-order valence-corrected chi connectivity index (χ0v) is 11.7. The number of anilines is 1. The molecule has 0 aliphatic carbocycles. The largest absolute Gasteiger partial charge is 0.411 e. The van der Waals surface area contributed by atoms with E-state index in [0.717, 1.165) is 24.9 Å². The van der Waals surface area contributed by atoms with Crippen LogP contribution in [-0.4, -0.2) is 24.1 Å². The van der Waals surface area contributed by atoms with Crippen molar-refractivity contribution in [1.29, 1.82) is 0 Å². The minimum absolute atomic E-state index is 0.00852. The summed E-state index contributed by atoms with van der Waals surface area (Å²) in [5.74, 6) is 0.00852. The molecule has 5 heteroatoms. The second-order valence-electron chi connectivity index (χ2n) is 4.69. The number of nitrogens with one attached hydrogen (secondary N) is 1. The fraction of sp³-hybridized carbons (Fsp3) is 0.462. The molecule has 3 N–H and O–H groups in total. The van der Waals surface area contributed by atoms with Gasteiger partial charge in [0.2, 0.25) is 5.91 Å². The third-order valence-corrected chi connectivity index (χ3v) is 3.91. The molecule has 0 aliphatic heterocycles. The highest BCUT2D eigenvalue weighted by Gasteiger charge is 2.19. The maximum absolute atomic E-state index is 11.6. The Bertz CT molecular complexity index is 362. The average Bonchev–Trinajstić information content (AvgIpc) is 2.28. The molecule has 4 nitrogen and oxygen atoms in total. The summed E-state index contributed by atoms with van der Waals surface area (Å²) in [4.78, 5) is 30.0. The first kappa shape index (κ1) is 14.9. The molecule has 0 aliphatic rings. The van der Waals surface area contributed by atoms with Gasteiger partial charge in [-0.25, -0.2) is 0 Å². The van der Waals surface area contributed by atoms with E-state index >= 15 is 0 Å². The molecule has 1 aromatic carbocycles. The number of para-hydroxylation sites is 1. The second kappa shape index (κ2) is 7.30. The summed E-state index contributed by atoms with van der Waals surface area (Å²) in [6.07, 6.45) is 2.88. The van der Waals surface area contributed by atoms with Crippen LogP contribution >= 0.6 is 0 Å². The maximum atomic E-state index is 11.6. The molecule has 0 atom stereocenters. The molecular weight excluding hydrogens is 246 g/mol. The quantitative estimate of drug-likeness (QED) is 0.524. The van der Waals surface area contributed by atoms with Crippen molar-refractivity contribution in [3.8, 4) is 0 Å². The van der Waals surface area contributed by atoms with Gasteiger partial charge >= 0.3 is 8.56 Å². The van der Waals surface area contributed by atoms with E-state index in [2.05, 4.69) is 5.32 Å². The topological polar surface area (TPSA) is 69.6 Å². The molecule has 1 aromatic rings. The normalized spacial score (nSPS) is 11.3. The van der Waals surface area contributed by atoms with Gasteiger partial charge in [0.25, 0.3) is 0 Å². The lowest BCUT2D eigenvalue weighted by molar-refractivity contribution is -0.116. The van der Waals surface area contributed by atoms with Gasteiger partial charge in [0.15, 0.2) is 0 Å². The highest BCUT2D eigenvalue weighted by molar-refractivity contribution is 6.63. The molecule has 0 saturated heterocycles. The Hall–Kier alpha value is -1.17. The smallest absolute Gasteiger partial charge is 0.329 e. The van der Waals surface area contributed by atoms with Gasteiger partial charge in [-0.05, 0) is 31.1 Å². The van der Waals surface area contributed by atoms with Crippen molar-refractivity contribution in [3.05, 3.63) is 30.3 Å². The Labute approximate surface area is 109 Å². The van der Waals surface area contributed by atoms with Crippen LogP contribution in [0.5, 0.6) is 0 Å². The van der Waals surface area contributed by atoms with E-state index in [1.165, 1.54) is 6.55 Å². The van der Waals surface area contributed by atoms with Crippen LogP contribution in [0.25, 0.3) is 0 Å². The first-order valence-electron chi connectivity index (χ1n) is 6.27. The van der Waals surface area contributed by atoms with Crippen LogP contribution in [0.4, 0.5) is 5.69 Å². The first-order valence-corrected chi connectivity index (χ1v) is 8.87. The van der Waals surface area contributed by atoms with Gasteiger partial charge in [0, 0.05) is 12.1 Å². The number of hydrogen-bond acceptors (Lipinski definition) is 3. The molecule has 18 heavy (non-hydrogen) atoms. The number of hydrogen-bond donors (Lipinski definition) is 3. The molecule has 0 bridgehead atoms. The third kappa shape index (κ3) is 7.21. The Kier molecular flexibility index (Phi) is 6.04. The van der Waals surface area contributed by atoms with Crippen LogP contribution < -0.4 is 5.32 Å². The van der Waals surface area contributed by atoms with E-state index in [1.54, 1.807) is 0 Å². The number of rotatable bonds is 7. The van der Waals surface area contributed by atoms with Crippen molar-refractivity contribution in [1.82, 2.24) is 0 Å². The second-order valence-corrected chi connectivity index (χ2v) is 7.63. The van der Waals surface area contributed by atoms with Crippen molar-refractivity contribution in [3.63, 3.8) is 0 Å². The molecule has 0 spiro atoms. The molecular formula is C13H21NO3Si. The van der Waals surface area contributed by atoms with Crippen molar-refractivity contribution in [2.75, 3.05) is 5.32 Å². The van der Waals surface area contributed by atoms with Crippen LogP contribution in [0.15, 0.2) is 30.3 Å². The van der Waals surface area contributed by atoms with Gasteiger partial charge in [-0.15, -0.1) is 0 Å². The lowest BCUT2D eigenvalue weighted by atomic mass is 10.2. The van der Waals surface area contributed by atoms with E-state index in [4.69, 9.17) is 0 Å². The Morgan fingerprint density at radius 1 is 1.17 bits per heavy atom. The zero-order chi connectivity index (χ0) is 13.4. The number of carbonyl (C=O) groups excluding carboxylic acids is 1. The van der Waals surface area contributed by atoms with E-state index in [9.17, 15) is 14.4 Å². The van der Waals surface area contributed by atoms with Gasteiger partial charge in [-0.2, -0.15) is 0 Å². The maximum Gasteiger partial charge on any atom is 0.329 e. The van der Waals surface area contributed by atoms with Crippen molar-refractivity contribution in [2.45, 2.75) is 38.3 Å². The number of carbonyl (C=O) groups is 1. The fourth-order valence-electron chi connectivity index (χ4n) is 1.67. The van der Waals surface area contributed by atoms with E-state index in [1.807, 2.05) is 30.3 Å². The highest BCUT2D eigenvalue weighted by Crippen LogP contribution is 2.11. The molecule has 0 heterocycles. The van der Waals surface area contributed by atoms with E-state index in [0.29, 0.717) is 12.5 Å². The summed E-state index contributed by atoms with van der Waals surface area (Å²) in [5.41, 5.74) is 0.813. The summed E-state index contributed by atoms with van der Waals surface area (Å²) >= 11 is 0. The number of amides is 1. The first-order chi connectivity index (χ1) is 8.47. The van der Waals surface area contributed by atoms with Crippen LogP contribution in [0.1, 0.15) is 25.7 Å². The summed E-state index contributed by atoms with van der Waals surface area (Å²) in [5, 5.41) is 2.82. The molecule has 0 aromatic heterocycles. The molecule has 0 radical (unpaired) electrons. The fourth-order valence-corrected chi connectivity index (χ4v) is 2.59. The summed E-state index contributed by atoms with van der Waals surface area (Å²) < 4.78 is 0. The lowest BCUT2D eigenvalue weighted by Gasteiger charge is -2.10. The predicted octanol–water partition coefficient (Wildman–Crippen LogP) is 2.24. The monoisotopic (exact) mass is 267 g/mol. The van der Waals surface area contributed by atoms with Crippen LogP contribution in [0.3, 0.4) is 0 Å². The third-order valence-electron chi connectivity index (χ3n) is 2.61. The van der Waals surface area contributed by atoms with Gasteiger partial charge in [0.1, 0.15) is 0 Å². The summed E-state index contributed by atoms with van der Waals surface area (Å²) in [6, 6.07) is 9.85. The minimum atomic E-state index is -2.90. The van der Waals surface area contributed by atoms with Crippen molar-refractivity contribution < 1.29 is 14.4 Å². The minimum Gasteiger partial charge on any atom is -0.411 e. The highest BCUT2D eigenvalue weighted by atomic mass is 28.4. The SMILES string of the molecule is C[Si](O)(O)CCCCCC(=O)Nc1ccccc1. The van der Waals surface area contributed by atoms with Gasteiger partial charge in [0.05, 0.1) is 0 Å². The lowest BCUT2D eigenvalue weighted by Crippen LogP contribution is -2.29. The van der Waals surface area contributed by atoms with E-state index in [-0.39, 0.29) is 5.91 Å². The molecule has 1 amide bonds. The zero-order valence-electron chi connectivity index (χ0n) is 10.7. The Morgan fingerprint density at radius 2 is 1.83 bits per heavy atom. The number of unbranched alkanes of at least 4 members (excludes halogenated alkanes) is 2. The van der Waals surface area contributed by atoms with Crippen LogP contribution in [-0.2, 0) is 4.79 Å². The Morgan fingerprint density at radius 3 is 2.44 bits per heavy atom. The average molecular weight is 267 g/mol. The summed E-state index contributed by atoms with van der Waals surface area (Å²) in [6.45, 7) is 1.51. The van der Waals surface area contributed by atoms with Crippen LogP contribution in [0, 0.1) is 0 Å².